The molecule has 2 rings (SSSR count). The quantitative estimate of drug-likeness (QED) is 0.940. The summed E-state index contributed by atoms with van der Waals surface area (Å²) in [4.78, 5) is 15.1. The third kappa shape index (κ3) is 3.05. The third-order valence-electron chi connectivity index (χ3n) is 2.37. The number of benzene rings is 1. The largest absolute Gasteiger partial charge is 0.478 e. The number of carboxylic acids is 1. The van der Waals surface area contributed by atoms with Gasteiger partial charge in [-0.05, 0) is 35.9 Å². The second-order valence-corrected chi connectivity index (χ2v) is 4.54. The lowest BCUT2D eigenvalue weighted by atomic mass is 10.1. The Bertz CT molecular complexity index is 591. The molecule has 2 aromatic rings. The zero-order valence-corrected chi connectivity index (χ0v) is 11.0. The molecule has 0 saturated carbocycles. The lowest BCUT2D eigenvalue weighted by Gasteiger charge is -1.99. The Hall–Kier alpha value is -1.94. The van der Waals surface area contributed by atoms with Crippen molar-refractivity contribution >= 4 is 34.1 Å². The Morgan fingerprint density at radius 2 is 1.89 bits per heavy atom. The van der Waals surface area contributed by atoms with Crippen LogP contribution in [0.4, 0.5) is 0 Å². The van der Waals surface area contributed by atoms with Crippen molar-refractivity contribution < 1.29 is 9.90 Å². The van der Waals surface area contributed by atoms with Crippen LogP contribution in [0.3, 0.4) is 0 Å². The molecular formula is C14H10BrNO2. The van der Waals surface area contributed by atoms with E-state index >= 15 is 0 Å². The summed E-state index contributed by atoms with van der Waals surface area (Å²) >= 11 is 3.36. The molecule has 0 bridgehead atoms. The number of halogens is 1. The predicted molar refractivity (Wildman–Crippen MR) is 74.3 cm³/mol. The minimum Gasteiger partial charge on any atom is -0.478 e. The van der Waals surface area contributed by atoms with Crippen LogP contribution in [0.1, 0.15) is 21.6 Å². The summed E-state index contributed by atoms with van der Waals surface area (Å²) in [7, 11) is 0. The first-order valence-corrected chi connectivity index (χ1v) is 6.08. The summed E-state index contributed by atoms with van der Waals surface area (Å²) in [5.41, 5.74) is 1.64. The number of nitrogens with zero attached hydrogens (tertiary/aromatic N) is 1. The molecule has 1 N–H and O–H groups in total. The number of rotatable bonds is 3. The van der Waals surface area contributed by atoms with Crippen LogP contribution in [-0.4, -0.2) is 16.1 Å². The van der Waals surface area contributed by atoms with Crippen LogP contribution in [-0.2, 0) is 0 Å². The van der Waals surface area contributed by atoms with Crippen molar-refractivity contribution in [1.82, 2.24) is 4.98 Å². The van der Waals surface area contributed by atoms with Gasteiger partial charge in [0.1, 0.15) is 0 Å². The van der Waals surface area contributed by atoms with E-state index in [-0.39, 0.29) is 5.56 Å². The number of pyridine rings is 1. The molecule has 0 aliphatic rings. The van der Waals surface area contributed by atoms with Gasteiger partial charge in [-0.25, -0.2) is 4.79 Å². The van der Waals surface area contributed by atoms with E-state index in [0.717, 1.165) is 10.0 Å². The Labute approximate surface area is 113 Å². The molecule has 1 heterocycles. The summed E-state index contributed by atoms with van der Waals surface area (Å²) in [6, 6.07) is 10.9. The lowest BCUT2D eigenvalue weighted by molar-refractivity contribution is 0.0696. The minimum atomic E-state index is -0.974. The maximum absolute atomic E-state index is 11.0. The monoisotopic (exact) mass is 303 g/mol. The van der Waals surface area contributed by atoms with Crippen molar-refractivity contribution in [3.05, 3.63) is 63.9 Å². The van der Waals surface area contributed by atoms with E-state index < -0.39 is 5.97 Å². The smallest absolute Gasteiger partial charge is 0.337 e. The average molecular weight is 304 g/mol. The highest BCUT2D eigenvalue weighted by atomic mass is 79.9. The second-order valence-electron chi connectivity index (χ2n) is 3.63. The van der Waals surface area contributed by atoms with Crippen molar-refractivity contribution in [3.8, 4) is 0 Å². The molecule has 0 atom stereocenters. The van der Waals surface area contributed by atoms with Gasteiger partial charge in [0.05, 0.1) is 11.3 Å². The Kier molecular flexibility index (Phi) is 3.89. The molecule has 0 aliphatic carbocycles. The molecule has 0 spiro atoms. The average Bonchev–Trinajstić information content (AvgIpc) is 2.38. The first kappa shape index (κ1) is 12.5. The first-order chi connectivity index (χ1) is 8.66. The Morgan fingerprint density at radius 1 is 1.17 bits per heavy atom. The van der Waals surface area contributed by atoms with Crippen molar-refractivity contribution in [3.63, 3.8) is 0 Å². The van der Waals surface area contributed by atoms with E-state index in [9.17, 15) is 4.79 Å². The van der Waals surface area contributed by atoms with Gasteiger partial charge in [0.2, 0.25) is 0 Å². The highest BCUT2D eigenvalue weighted by Gasteiger charge is 2.07. The summed E-state index contributed by atoms with van der Waals surface area (Å²) in [5, 5.41) is 9.02. The van der Waals surface area contributed by atoms with Crippen molar-refractivity contribution in [2.45, 2.75) is 0 Å². The van der Waals surface area contributed by atoms with Crippen molar-refractivity contribution in [2.24, 2.45) is 0 Å². The molecule has 0 amide bonds. The molecule has 3 nitrogen and oxygen atoms in total. The first-order valence-electron chi connectivity index (χ1n) is 5.29. The molecule has 1 aromatic heterocycles. The highest BCUT2D eigenvalue weighted by molar-refractivity contribution is 9.10. The molecule has 0 radical (unpaired) electrons. The maximum Gasteiger partial charge on any atom is 0.337 e. The van der Waals surface area contributed by atoms with E-state index in [2.05, 4.69) is 20.9 Å². The van der Waals surface area contributed by atoms with Crippen LogP contribution < -0.4 is 0 Å². The van der Waals surface area contributed by atoms with Gasteiger partial charge in [-0.15, -0.1) is 0 Å². The standard InChI is InChI=1S/C14H10BrNO2/c15-11-6-3-10(4-7-11)5-8-13-12(14(17)18)2-1-9-16-13/h1-9H,(H,17,18)/b8-5+. The van der Waals surface area contributed by atoms with E-state index in [1.165, 1.54) is 6.07 Å². The minimum absolute atomic E-state index is 0.200. The van der Waals surface area contributed by atoms with Crippen LogP contribution in [0.5, 0.6) is 0 Å². The van der Waals surface area contributed by atoms with Gasteiger partial charge in [-0.1, -0.05) is 34.1 Å². The topological polar surface area (TPSA) is 50.2 Å². The lowest BCUT2D eigenvalue weighted by Crippen LogP contribution is -2.00. The fourth-order valence-corrected chi connectivity index (χ4v) is 1.74. The zero-order valence-electron chi connectivity index (χ0n) is 9.38. The SMILES string of the molecule is O=C(O)c1cccnc1/C=C/c1ccc(Br)cc1. The molecule has 0 aliphatic heterocycles. The third-order valence-corrected chi connectivity index (χ3v) is 2.90. The van der Waals surface area contributed by atoms with Crippen LogP contribution in [0.2, 0.25) is 0 Å². The molecule has 0 unspecified atom stereocenters. The maximum atomic E-state index is 11.0. The van der Waals surface area contributed by atoms with Crippen LogP contribution in [0, 0.1) is 0 Å². The molecule has 90 valence electrons. The fourth-order valence-electron chi connectivity index (χ4n) is 1.48. The van der Waals surface area contributed by atoms with Gasteiger partial charge in [0, 0.05) is 10.7 Å². The Balaban J connectivity index is 2.29. The molecular weight excluding hydrogens is 294 g/mol. The van der Waals surface area contributed by atoms with Crippen LogP contribution in [0.25, 0.3) is 12.2 Å². The van der Waals surface area contributed by atoms with Gasteiger partial charge in [0.15, 0.2) is 0 Å². The van der Waals surface area contributed by atoms with E-state index in [4.69, 9.17) is 5.11 Å². The number of hydrogen-bond donors (Lipinski definition) is 1. The van der Waals surface area contributed by atoms with E-state index in [1.807, 2.05) is 30.3 Å². The molecule has 1 aromatic carbocycles. The zero-order chi connectivity index (χ0) is 13.0. The van der Waals surface area contributed by atoms with Crippen LogP contribution >= 0.6 is 15.9 Å². The predicted octanol–water partition coefficient (Wildman–Crippen LogP) is 3.71. The number of aromatic carboxylic acids is 1. The van der Waals surface area contributed by atoms with Gasteiger partial charge in [-0.2, -0.15) is 0 Å². The molecule has 0 fully saturated rings. The van der Waals surface area contributed by atoms with Gasteiger partial charge in [0.25, 0.3) is 0 Å². The van der Waals surface area contributed by atoms with Gasteiger partial charge in [-0.3, -0.25) is 4.98 Å². The molecule has 0 saturated heterocycles. The highest BCUT2D eigenvalue weighted by Crippen LogP contribution is 2.14. The van der Waals surface area contributed by atoms with E-state index in [0.29, 0.717) is 5.69 Å². The summed E-state index contributed by atoms with van der Waals surface area (Å²) in [6.45, 7) is 0. The number of carbonyl (C=O) groups is 1. The van der Waals surface area contributed by atoms with Crippen molar-refractivity contribution in [1.29, 1.82) is 0 Å². The number of carboxylic acid groups (broad SMARTS) is 1. The molecule has 18 heavy (non-hydrogen) atoms. The van der Waals surface area contributed by atoms with Crippen molar-refractivity contribution in [2.75, 3.05) is 0 Å². The van der Waals surface area contributed by atoms with Gasteiger partial charge >= 0.3 is 5.97 Å². The second kappa shape index (κ2) is 5.60. The summed E-state index contributed by atoms with van der Waals surface area (Å²) in [6.07, 6.45) is 5.11. The number of aromatic nitrogens is 1. The normalized spacial score (nSPS) is 10.7. The van der Waals surface area contributed by atoms with E-state index in [1.54, 1.807) is 18.3 Å². The van der Waals surface area contributed by atoms with Crippen LogP contribution in [0.15, 0.2) is 47.1 Å². The Morgan fingerprint density at radius 3 is 2.56 bits per heavy atom. The summed E-state index contributed by atoms with van der Waals surface area (Å²) < 4.78 is 1.00. The van der Waals surface area contributed by atoms with Gasteiger partial charge < -0.3 is 5.11 Å². The molecule has 4 heteroatoms. The number of hydrogen-bond acceptors (Lipinski definition) is 2. The fraction of sp³-hybridized carbons (Fsp3) is 0. The summed E-state index contributed by atoms with van der Waals surface area (Å²) in [5.74, 6) is -0.974.